The molecule has 2 rings (SSSR count). The van der Waals surface area contributed by atoms with Crippen LogP contribution in [0, 0.1) is 0 Å². The second-order valence-corrected chi connectivity index (χ2v) is 6.85. The van der Waals surface area contributed by atoms with Gasteiger partial charge in [-0.3, -0.25) is 4.79 Å². The minimum Gasteiger partial charge on any atom is -0.334 e. The molecule has 1 aromatic rings. The first-order valence-electron chi connectivity index (χ1n) is 7.47. The Bertz CT molecular complexity index is 477. The maximum atomic E-state index is 12.2. The third-order valence-corrected chi connectivity index (χ3v) is 4.09. The monoisotopic (exact) mass is 310 g/mol. The number of nitrogens with two attached hydrogens (primary N) is 1. The molecule has 0 spiro atoms. The third kappa shape index (κ3) is 3.98. The van der Waals surface area contributed by atoms with E-state index in [1.165, 1.54) is 11.1 Å². The highest BCUT2D eigenvalue weighted by molar-refractivity contribution is 5.85. The molecule has 4 heteroatoms. The topological polar surface area (TPSA) is 46.3 Å². The van der Waals surface area contributed by atoms with Crippen molar-refractivity contribution in [3.05, 3.63) is 35.4 Å². The summed E-state index contributed by atoms with van der Waals surface area (Å²) in [5.74, 6) is 0.0624. The van der Waals surface area contributed by atoms with Crippen LogP contribution in [0.2, 0.25) is 0 Å². The largest absolute Gasteiger partial charge is 0.334 e. The lowest BCUT2D eigenvalue weighted by Gasteiger charge is -2.27. The maximum Gasteiger partial charge on any atom is 0.239 e. The molecule has 0 saturated carbocycles. The molecular weight excluding hydrogens is 284 g/mol. The molecule has 0 aliphatic carbocycles. The molecule has 1 amide bonds. The van der Waals surface area contributed by atoms with Crippen LogP contribution in [-0.4, -0.2) is 23.4 Å². The van der Waals surface area contributed by atoms with E-state index in [-0.39, 0.29) is 29.8 Å². The van der Waals surface area contributed by atoms with Crippen LogP contribution in [0.1, 0.15) is 57.7 Å². The predicted molar refractivity (Wildman–Crippen MR) is 89.7 cm³/mol. The van der Waals surface area contributed by atoms with Gasteiger partial charge >= 0.3 is 0 Å². The van der Waals surface area contributed by atoms with Gasteiger partial charge in [-0.25, -0.2) is 0 Å². The maximum absolute atomic E-state index is 12.2. The highest BCUT2D eigenvalue weighted by Crippen LogP contribution is 2.33. The lowest BCUT2D eigenvalue weighted by Crippen LogP contribution is -2.41. The van der Waals surface area contributed by atoms with Crippen molar-refractivity contribution >= 4 is 18.3 Å². The Balaban J connectivity index is 0.00000220. The van der Waals surface area contributed by atoms with Crippen LogP contribution in [0.15, 0.2) is 24.3 Å². The van der Waals surface area contributed by atoms with Crippen molar-refractivity contribution in [1.82, 2.24) is 4.90 Å². The summed E-state index contributed by atoms with van der Waals surface area (Å²) in [4.78, 5) is 14.1. The van der Waals surface area contributed by atoms with Crippen molar-refractivity contribution in [2.24, 2.45) is 5.73 Å². The first-order chi connectivity index (χ1) is 9.30. The van der Waals surface area contributed by atoms with Gasteiger partial charge in [0.25, 0.3) is 0 Å². The van der Waals surface area contributed by atoms with E-state index in [2.05, 4.69) is 45.0 Å². The molecule has 1 fully saturated rings. The van der Waals surface area contributed by atoms with Gasteiger partial charge in [-0.05, 0) is 36.3 Å². The van der Waals surface area contributed by atoms with Gasteiger partial charge in [0, 0.05) is 6.54 Å². The van der Waals surface area contributed by atoms with E-state index in [1.807, 2.05) is 4.90 Å². The fourth-order valence-electron chi connectivity index (χ4n) is 2.84. The number of likely N-dealkylation sites (tertiary alicyclic amines) is 1. The lowest BCUT2D eigenvalue weighted by molar-refractivity contribution is -0.133. The van der Waals surface area contributed by atoms with E-state index in [0.717, 1.165) is 19.4 Å². The molecular formula is C17H27ClN2O. The Labute approximate surface area is 134 Å². The molecule has 0 radical (unpaired) electrons. The number of amides is 1. The Morgan fingerprint density at radius 3 is 2.33 bits per heavy atom. The summed E-state index contributed by atoms with van der Waals surface area (Å²) in [6.07, 6.45) is 2.09. The summed E-state index contributed by atoms with van der Waals surface area (Å²) < 4.78 is 0. The van der Waals surface area contributed by atoms with Gasteiger partial charge in [0.05, 0.1) is 12.1 Å². The number of carbonyl (C=O) groups excluding carboxylic acids is 1. The number of carbonyl (C=O) groups is 1. The summed E-state index contributed by atoms with van der Waals surface area (Å²) in [7, 11) is 0. The predicted octanol–water partition coefficient (Wildman–Crippen LogP) is 3.42. The molecule has 118 valence electrons. The molecule has 1 aromatic carbocycles. The molecule has 2 atom stereocenters. The van der Waals surface area contributed by atoms with Crippen molar-refractivity contribution < 1.29 is 4.79 Å². The number of hydrogen-bond donors (Lipinski definition) is 1. The van der Waals surface area contributed by atoms with Crippen LogP contribution in [0.3, 0.4) is 0 Å². The van der Waals surface area contributed by atoms with E-state index in [4.69, 9.17) is 5.73 Å². The quantitative estimate of drug-likeness (QED) is 0.910. The average molecular weight is 311 g/mol. The molecule has 2 N–H and O–H groups in total. The van der Waals surface area contributed by atoms with Crippen LogP contribution in [-0.2, 0) is 10.2 Å². The Hall–Kier alpha value is -1.06. The van der Waals surface area contributed by atoms with E-state index in [9.17, 15) is 4.79 Å². The Kier molecular flexibility index (Phi) is 5.83. The minimum atomic E-state index is -0.413. The molecule has 1 saturated heterocycles. The van der Waals surface area contributed by atoms with Crippen LogP contribution >= 0.6 is 12.4 Å². The number of halogens is 1. The van der Waals surface area contributed by atoms with Gasteiger partial charge in [0.15, 0.2) is 0 Å². The fraction of sp³-hybridized carbons (Fsp3) is 0.588. The zero-order valence-electron chi connectivity index (χ0n) is 13.4. The van der Waals surface area contributed by atoms with E-state index in [0.29, 0.717) is 0 Å². The molecule has 1 heterocycles. The number of nitrogens with zero attached hydrogens (tertiary/aromatic N) is 1. The summed E-state index contributed by atoms with van der Waals surface area (Å²) in [5.41, 5.74) is 8.46. The summed E-state index contributed by atoms with van der Waals surface area (Å²) in [6.45, 7) is 9.23. The summed E-state index contributed by atoms with van der Waals surface area (Å²) >= 11 is 0. The minimum absolute atomic E-state index is 0. The van der Waals surface area contributed by atoms with Crippen LogP contribution in [0.25, 0.3) is 0 Å². The molecule has 0 bridgehead atoms. The standard InChI is InChI=1S/C17H26N2O.ClH/c1-12(18)16(20)19-11-5-6-15(19)13-7-9-14(10-8-13)17(2,3)4;/h7-10,12,15H,5-6,11,18H2,1-4H3;1H/t12-,15?;/m0./s1. The SMILES string of the molecule is C[C@H](N)C(=O)N1CCCC1c1ccc(C(C)(C)C)cc1.Cl. The van der Waals surface area contributed by atoms with Gasteiger partial charge < -0.3 is 10.6 Å². The van der Waals surface area contributed by atoms with Crippen molar-refractivity contribution in [3.63, 3.8) is 0 Å². The van der Waals surface area contributed by atoms with E-state index >= 15 is 0 Å². The summed E-state index contributed by atoms with van der Waals surface area (Å²) in [5, 5.41) is 0. The normalized spacial score (nSPS) is 20.0. The average Bonchev–Trinajstić information content (AvgIpc) is 2.85. The van der Waals surface area contributed by atoms with Gasteiger partial charge in [0.2, 0.25) is 5.91 Å². The smallest absolute Gasteiger partial charge is 0.239 e. The molecule has 1 aliphatic rings. The highest BCUT2D eigenvalue weighted by Gasteiger charge is 2.31. The first kappa shape index (κ1) is 18.0. The third-order valence-electron chi connectivity index (χ3n) is 4.09. The molecule has 3 nitrogen and oxygen atoms in total. The molecule has 1 unspecified atom stereocenters. The zero-order chi connectivity index (χ0) is 14.9. The number of benzene rings is 1. The van der Waals surface area contributed by atoms with Crippen LogP contribution < -0.4 is 5.73 Å². The van der Waals surface area contributed by atoms with Crippen LogP contribution in [0.5, 0.6) is 0 Å². The van der Waals surface area contributed by atoms with Gasteiger partial charge in [0.1, 0.15) is 0 Å². The summed E-state index contributed by atoms with van der Waals surface area (Å²) in [6, 6.07) is 8.48. The second-order valence-electron chi connectivity index (χ2n) is 6.85. The number of rotatable bonds is 2. The van der Waals surface area contributed by atoms with Crippen molar-refractivity contribution in [2.45, 2.75) is 58.0 Å². The zero-order valence-corrected chi connectivity index (χ0v) is 14.2. The lowest BCUT2D eigenvalue weighted by atomic mass is 9.86. The van der Waals surface area contributed by atoms with Crippen molar-refractivity contribution in [3.8, 4) is 0 Å². The molecule has 21 heavy (non-hydrogen) atoms. The second kappa shape index (κ2) is 6.80. The van der Waals surface area contributed by atoms with Crippen LogP contribution in [0.4, 0.5) is 0 Å². The van der Waals surface area contributed by atoms with Crippen molar-refractivity contribution in [2.75, 3.05) is 6.54 Å². The Morgan fingerprint density at radius 1 is 1.29 bits per heavy atom. The fourth-order valence-corrected chi connectivity index (χ4v) is 2.84. The van der Waals surface area contributed by atoms with E-state index in [1.54, 1.807) is 6.92 Å². The first-order valence-corrected chi connectivity index (χ1v) is 7.47. The van der Waals surface area contributed by atoms with Crippen molar-refractivity contribution in [1.29, 1.82) is 0 Å². The highest BCUT2D eigenvalue weighted by atomic mass is 35.5. The molecule has 1 aliphatic heterocycles. The van der Waals surface area contributed by atoms with E-state index < -0.39 is 6.04 Å². The van der Waals surface area contributed by atoms with Gasteiger partial charge in [-0.15, -0.1) is 12.4 Å². The van der Waals surface area contributed by atoms with Gasteiger partial charge in [-0.1, -0.05) is 45.0 Å². The number of hydrogen-bond acceptors (Lipinski definition) is 2. The molecule has 0 aromatic heterocycles. The Morgan fingerprint density at radius 2 is 1.86 bits per heavy atom. The van der Waals surface area contributed by atoms with Gasteiger partial charge in [-0.2, -0.15) is 0 Å².